The van der Waals surface area contributed by atoms with Crippen LogP contribution in [0.4, 0.5) is 5.69 Å². The summed E-state index contributed by atoms with van der Waals surface area (Å²) in [5.74, 6) is -0.342. The minimum atomic E-state index is -3.72. The predicted octanol–water partition coefficient (Wildman–Crippen LogP) is 3.35. The van der Waals surface area contributed by atoms with E-state index >= 15 is 0 Å². The maximum absolute atomic E-state index is 13.0. The highest BCUT2D eigenvalue weighted by Gasteiger charge is 2.34. The van der Waals surface area contributed by atoms with Gasteiger partial charge in [-0.2, -0.15) is 17.0 Å². The molecular formula is C20H24ClN3O3S. The Kier molecular flexibility index (Phi) is 6.40. The van der Waals surface area contributed by atoms with E-state index in [2.05, 4.69) is 5.32 Å². The molecule has 0 atom stereocenters. The molecule has 1 heterocycles. The number of aryl methyl sites for hydroxylation is 2. The van der Waals surface area contributed by atoms with Crippen molar-refractivity contribution in [2.45, 2.75) is 26.8 Å². The fourth-order valence-electron chi connectivity index (χ4n) is 3.33. The van der Waals surface area contributed by atoms with E-state index in [1.807, 2.05) is 38.1 Å². The number of halogens is 1. The van der Waals surface area contributed by atoms with Crippen molar-refractivity contribution in [2.24, 2.45) is 0 Å². The maximum atomic E-state index is 13.0. The zero-order chi connectivity index (χ0) is 20.3. The van der Waals surface area contributed by atoms with Crippen LogP contribution in [0.1, 0.15) is 23.1 Å². The largest absolute Gasteiger partial charge is 0.324 e. The van der Waals surface area contributed by atoms with E-state index in [1.54, 1.807) is 18.2 Å². The zero-order valence-electron chi connectivity index (χ0n) is 16.0. The molecule has 0 aliphatic carbocycles. The number of anilines is 1. The average Bonchev–Trinajstić information content (AvgIpc) is 2.62. The Morgan fingerprint density at radius 1 is 1.07 bits per heavy atom. The Morgan fingerprint density at radius 3 is 2.39 bits per heavy atom. The first kappa shape index (κ1) is 20.8. The first-order chi connectivity index (χ1) is 13.3. The monoisotopic (exact) mass is 421 g/mol. The van der Waals surface area contributed by atoms with Crippen molar-refractivity contribution in [3.63, 3.8) is 0 Å². The van der Waals surface area contributed by atoms with Gasteiger partial charge in [0.05, 0.1) is 6.54 Å². The number of nitrogens with zero attached hydrogens (tertiary/aromatic N) is 2. The number of carbonyl (C=O) groups is 1. The quantitative estimate of drug-likeness (QED) is 0.804. The molecule has 1 fully saturated rings. The Balaban J connectivity index is 1.70. The van der Waals surface area contributed by atoms with E-state index in [1.165, 1.54) is 8.61 Å². The molecule has 6 nitrogen and oxygen atoms in total. The molecule has 1 aliphatic heterocycles. The molecule has 0 radical (unpaired) electrons. The first-order valence-electron chi connectivity index (χ1n) is 9.13. The third kappa shape index (κ3) is 4.72. The van der Waals surface area contributed by atoms with Gasteiger partial charge in [-0.15, -0.1) is 0 Å². The lowest BCUT2D eigenvalue weighted by atomic mass is 10.1. The van der Waals surface area contributed by atoms with Crippen LogP contribution in [0, 0.1) is 13.8 Å². The topological polar surface area (TPSA) is 69.7 Å². The van der Waals surface area contributed by atoms with Crippen LogP contribution in [0.5, 0.6) is 0 Å². The fourth-order valence-corrected chi connectivity index (χ4v) is 5.18. The second kappa shape index (κ2) is 8.61. The van der Waals surface area contributed by atoms with Gasteiger partial charge in [-0.05, 0) is 49.1 Å². The molecule has 1 N–H and O–H groups in total. The van der Waals surface area contributed by atoms with E-state index in [0.29, 0.717) is 24.5 Å². The number of hydrogen-bond donors (Lipinski definition) is 1. The number of nitrogens with one attached hydrogen (secondary N) is 1. The number of hydrogen-bond acceptors (Lipinski definition) is 3. The van der Waals surface area contributed by atoms with Crippen molar-refractivity contribution in [3.8, 4) is 0 Å². The summed E-state index contributed by atoms with van der Waals surface area (Å²) in [5.41, 5.74) is 3.44. The van der Waals surface area contributed by atoms with Gasteiger partial charge in [0.25, 0.3) is 10.2 Å². The summed E-state index contributed by atoms with van der Waals surface area (Å²) in [7, 11) is -3.72. The molecule has 1 aliphatic rings. The van der Waals surface area contributed by atoms with Crippen molar-refractivity contribution in [1.29, 1.82) is 0 Å². The summed E-state index contributed by atoms with van der Waals surface area (Å²) in [6.07, 6.45) is 0.663. The second-order valence-electron chi connectivity index (χ2n) is 6.97. The van der Waals surface area contributed by atoms with Crippen LogP contribution >= 0.6 is 11.6 Å². The van der Waals surface area contributed by atoms with E-state index in [9.17, 15) is 13.2 Å². The molecule has 8 heteroatoms. The standard InChI is InChI=1S/C20H24ClN3O3S/c1-15-6-3-7-16(2)20(15)22-19(25)14-24-11-5-10-23(28(24,26)27)13-17-8-4-9-18(21)12-17/h3-4,6-9,12H,5,10-11,13-14H2,1-2H3,(H,22,25). The molecule has 3 rings (SSSR count). The highest BCUT2D eigenvalue weighted by molar-refractivity contribution is 7.86. The molecule has 1 amide bonds. The number of amides is 1. The van der Waals surface area contributed by atoms with Gasteiger partial charge in [-0.3, -0.25) is 4.79 Å². The van der Waals surface area contributed by atoms with Crippen LogP contribution in [-0.4, -0.2) is 42.6 Å². The van der Waals surface area contributed by atoms with Crippen molar-refractivity contribution in [3.05, 3.63) is 64.2 Å². The molecule has 1 saturated heterocycles. The van der Waals surface area contributed by atoms with Gasteiger partial charge in [0.15, 0.2) is 0 Å². The molecule has 0 spiro atoms. The summed E-state index contributed by atoms with van der Waals surface area (Å²) in [5, 5.41) is 3.42. The number of rotatable bonds is 5. The second-order valence-corrected chi connectivity index (χ2v) is 9.34. The van der Waals surface area contributed by atoms with Crippen molar-refractivity contribution in [1.82, 2.24) is 8.61 Å². The normalized spacial score (nSPS) is 17.4. The van der Waals surface area contributed by atoms with E-state index in [0.717, 1.165) is 22.4 Å². The summed E-state index contributed by atoms with van der Waals surface area (Å²) in [4.78, 5) is 12.5. The third-order valence-corrected chi connectivity index (χ3v) is 6.94. The molecule has 150 valence electrons. The molecule has 0 saturated carbocycles. The average molecular weight is 422 g/mol. The van der Waals surface area contributed by atoms with Gasteiger partial charge in [0.2, 0.25) is 5.91 Å². The Morgan fingerprint density at radius 2 is 1.71 bits per heavy atom. The maximum Gasteiger partial charge on any atom is 0.282 e. The molecule has 0 unspecified atom stereocenters. The van der Waals surface area contributed by atoms with Gasteiger partial charge in [-0.25, -0.2) is 0 Å². The number of carbonyl (C=O) groups excluding carboxylic acids is 1. The SMILES string of the molecule is Cc1cccc(C)c1NC(=O)CN1CCCN(Cc2cccc(Cl)c2)S1(=O)=O. The van der Waals surface area contributed by atoms with Crippen LogP contribution in [0.2, 0.25) is 5.02 Å². The van der Waals surface area contributed by atoms with Crippen LogP contribution in [0.3, 0.4) is 0 Å². The highest BCUT2D eigenvalue weighted by Crippen LogP contribution is 2.22. The molecular weight excluding hydrogens is 398 g/mol. The molecule has 2 aromatic carbocycles. The molecule has 28 heavy (non-hydrogen) atoms. The van der Waals surface area contributed by atoms with Gasteiger partial charge in [-0.1, -0.05) is 41.9 Å². The minimum Gasteiger partial charge on any atom is -0.324 e. The van der Waals surface area contributed by atoms with E-state index < -0.39 is 10.2 Å². The molecule has 0 bridgehead atoms. The van der Waals surface area contributed by atoms with Gasteiger partial charge >= 0.3 is 0 Å². The number of para-hydroxylation sites is 1. The smallest absolute Gasteiger partial charge is 0.282 e. The molecule has 2 aromatic rings. The Hall–Kier alpha value is -1.93. The summed E-state index contributed by atoms with van der Waals surface area (Å²) < 4.78 is 28.6. The lowest BCUT2D eigenvalue weighted by molar-refractivity contribution is -0.116. The van der Waals surface area contributed by atoms with Crippen molar-refractivity contribution >= 4 is 33.4 Å². The van der Waals surface area contributed by atoms with Crippen LogP contribution in [0.25, 0.3) is 0 Å². The predicted molar refractivity (Wildman–Crippen MR) is 112 cm³/mol. The third-order valence-electron chi connectivity index (χ3n) is 4.78. The van der Waals surface area contributed by atoms with Crippen molar-refractivity contribution in [2.75, 3.05) is 25.0 Å². The van der Waals surface area contributed by atoms with Gasteiger partial charge < -0.3 is 5.32 Å². The van der Waals surface area contributed by atoms with E-state index in [4.69, 9.17) is 11.6 Å². The van der Waals surface area contributed by atoms with Crippen LogP contribution in [0.15, 0.2) is 42.5 Å². The van der Waals surface area contributed by atoms with Gasteiger partial charge in [0, 0.05) is 30.3 Å². The van der Waals surface area contributed by atoms with Crippen LogP contribution in [-0.2, 0) is 21.5 Å². The van der Waals surface area contributed by atoms with Gasteiger partial charge in [0.1, 0.15) is 0 Å². The van der Waals surface area contributed by atoms with Crippen LogP contribution < -0.4 is 5.32 Å². The van der Waals surface area contributed by atoms with E-state index in [-0.39, 0.29) is 19.0 Å². The summed E-state index contributed by atoms with van der Waals surface area (Å²) in [6, 6.07) is 12.9. The zero-order valence-corrected chi connectivity index (χ0v) is 17.6. The molecule has 0 aromatic heterocycles. The van der Waals surface area contributed by atoms with Crippen molar-refractivity contribution < 1.29 is 13.2 Å². The Labute approximate surface area is 171 Å². The highest BCUT2D eigenvalue weighted by atomic mass is 35.5. The lowest BCUT2D eigenvalue weighted by Gasteiger charge is -2.34. The fraction of sp³-hybridized carbons (Fsp3) is 0.350. The summed E-state index contributed by atoms with van der Waals surface area (Å²) in [6.45, 7) is 4.60. The minimum absolute atomic E-state index is 0.206. The Bertz CT molecular complexity index is 958. The summed E-state index contributed by atoms with van der Waals surface area (Å²) >= 11 is 6.00. The first-order valence-corrected chi connectivity index (χ1v) is 10.9. The lowest BCUT2D eigenvalue weighted by Crippen LogP contribution is -2.51. The number of benzene rings is 2.